The third-order valence-electron chi connectivity index (χ3n) is 3.36. The van der Waals surface area contributed by atoms with Crippen LogP contribution in [0.25, 0.3) is 0 Å². The van der Waals surface area contributed by atoms with Crippen molar-refractivity contribution in [3.8, 4) is 0 Å². The molecule has 0 saturated carbocycles. The molecule has 1 aromatic rings. The number of aryl methyl sites for hydroxylation is 1. The number of carbonyl (C=O) groups excluding carboxylic acids is 1. The zero-order chi connectivity index (χ0) is 13.1. The lowest BCUT2D eigenvalue weighted by Crippen LogP contribution is -2.26. The number of hydrogen-bond donors (Lipinski definition) is 1. The molecule has 1 aliphatic rings. The monoisotopic (exact) mass is 248 g/mol. The molecule has 1 fully saturated rings. The standard InChI is InChI=1S/C13H20N4O/c1-4-10-6-13(18)17(7-10)8-12-15-9(2)5-11(14-3)16-12/h5,10H,4,6-8H2,1-3H3,(H,14,15,16). The van der Waals surface area contributed by atoms with Gasteiger partial charge in [0.05, 0.1) is 6.54 Å². The number of nitrogens with zero attached hydrogens (tertiary/aromatic N) is 3. The lowest BCUT2D eigenvalue weighted by Gasteiger charge is -2.16. The summed E-state index contributed by atoms with van der Waals surface area (Å²) in [6, 6.07) is 1.89. The predicted octanol–water partition coefficient (Wildman–Crippen LogP) is 1.59. The van der Waals surface area contributed by atoms with Crippen molar-refractivity contribution >= 4 is 11.7 Å². The lowest BCUT2D eigenvalue weighted by atomic mass is 10.1. The van der Waals surface area contributed by atoms with Crippen molar-refractivity contribution in [3.63, 3.8) is 0 Å². The Morgan fingerprint density at radius 3 is 2.89 bits per heavy atom. The highest BCUT2D eigenvalue weighted by Crippen LogP contribution is 2.21. The minimum absolute atomic E-state index is 0.220. The second-order valence-corrected chi connectivity index (χ2v) is 4.81. The third-order valence-corrected chi connectivity index (χ3v) is 3.36. The maximum Gasteiger partial charge on any atom is 0.223 e. The fourth-order valence-electron chi connectivity index (χ4n) is 2.28. The molecule has 0 bridgehead atoms. The van der Waals surface area contributed by atoms with Gasteiger partial charge in [0.2, 0.25) is 5.91 Å². The summed E-state index contributed by atoms with van der Waals surface area (Å²) in [6.07, 6.45) is 1.72. The molecule has 1 aromatic heterocycles. The van der Waals surface area contributed by atoms with Crippen LogP contribution < -0.4 is 5.32 Å². The van der Waals surface area contributed by atoms with Crippen LogP contribution in [-0.4, -0.2) is 34.4 Å². The van der Waals surface area contributed by atoms with E-state index >= 15 is 0 Å². The Morgan fingerprint density at radius 1 is 1.50 bits per heavy atom. The molecule has 1 N–H and O–H groups in total. The summed E-state index contributed by atoms with van der Waals surface area (Å²) in [4.78, 5) is 22.5. The van der Waals surface area contributed by atoms with Crippen LogP contribution in [0.2, 0.25) is 0 Å². The first kappa shape index (κ1) is 12.8. The summed E-state index contributed by atoms with van der Waals surface area (Å²) < 4.78 is 0. The van der Waals surface area contributed by atoms with Crippen molar-refractivity contribution in [3.05, 3.63) is 17.6 Å². The molecule has 0 aliphatic carbocycles. The lowest BCUT2D eigenvalue weighted by molar-refractivity contribution is -0.128. The molecular formula is C13H20N4O. The number of carbonyl (C=O) groups is 1. The van der Waals surface area contributed by atoms with Crippen LogP contribution in [0.3, 0.4) is 0 Å². The highest BCUT2D eigenvalue weighted by Gasteiger charge is 2.28. The van der Waals surface area contributed by atoms with Gasteiger partial charge in [-0.15, -0.1) is 0 Å². The molecule has 1 unspecified atom stereocenters. The molecule has 1 atom stereocenters. The first-order valence-corrected chi connectivity index (χ1v) is 6.42. The summed E-state index contributed by atoms with van der Waals surface area (Å²) >= 11 is 0. The Balaban J connectivity index is 2.09. The Labute approximate surface area is 108 Å². The van der Waals surface area contributed by atoms with Gasteiger partial charge in [-0.1, -0.05) is 13.3 Å². The molecule has 2 heterocycles. The number of amides is 1. The SMILES string of the molecule is CCC1CC(=O)N(Cc2nc(C)cc(NC)n2)C1. The number of anilines is 1. The first-order valence-electron chi connectivity index (χ1n) is 6.42. The molecule has 18 heavy (non-hydrogen) atoms. The summed E-state index contributed by atoms with van der Waals surface area (Å²) in [5.41, 5.74) is 0.919. The Hall–Kier alpha value is -1.65. The van der Waals surface area contributed by atoms with E-state index in [2.05, 4.69) is 22.2 Å². The van der Waals surface area contributed by atoms with Gasteiger partial charge in [0.15, 0.2) is 0 Å². The largest absolute Gasteiger partial charge is 0.373 e. The summed E-state index contributed by atoms with van der Waals surface area (Å²) in [6.45, 7) is 5.42. The first-order chi connectivity index (χ1) is 8.62. The quantitative estimate of drug-likeness (QED) is 0.879. The molecular weight excluding hydrogens is 228 g/mol. The van der Waals surface area contributed by atoms with Gasteiger partial charge in [-0.25, -0.2) is 9.97 Å². The zero-order valence-corrected chi connectivity index (χ0v) is 11.2. The van der Waals surface area contributed by atoms with Crippen LogP contribution in [-0.2, 0) is 11.3 Å². The zero-order valence-electron chi connectivity index (χ0n) is 11.2. The number of hydrogen-bond acceptors (Lipinski definition) is 4. The summed E-state index contributed by atoms with van der Waals surface area (Å²) in [5.74, 6) is 2.23. The van der Waals surface area contributed by atoms with E-state index in [0.717, 1.165) is 24.5 Å². The maximum atomic E-state index is 11.8. The van der Waals surface area contributed by atoms with E-state index in [1.807, 2.05) is 24.9 Å². The van der Waals surface area contributed by atoms with Gasteiger partial charge in [-0.2, -0.15) is 0 Å². The molecule has 98 valence electrons. The molecule has 0 aromatic carbocycles. The van der Waals surface area contributed by atoms with Crippen LogP contribution in [0.1, 0.15) is 31.3 Å². The Kier molecular flexibility index (Phi) is 3.79. The van der Waals surface area contributed by atoms with Crippen molar-refractivity contribution in [2.75, 3.05) is 18.9 Å². The van der Waals surface area contributed by atoms with Crippen molar-refractivity contribution in [1.29, 1.82) is 0 Å². The van der Waals surface area contributed by atoms with Gasteiger partial charge < -0.3 is 10.2 Å². The van der Waals surface area contributed by atoms with Crippen LogP contribution in [0.15, 0.2) is 6.07 Å². The number of rotatable bonds is 4. The highest BCUT2D eigenvalue weighted by atomic mass is 16.2. The van der Waals surface area contributed by atoms with E-state index < -0.39 is 0 Å². The molecule has 5 heteroatoms. The summed E-state index contributed by atoms with van der Waals surface area (Å²) in [5, 5.41) is 3.01. The van der Waals surface area contributed by atoms with Gasteiger partial charge in [-0.05, 0) is 12.8 Å². The van der Waals surface area contributed by atoms with Gasteiger partial charge >= 0.3 is 0 Å². The van der Waals surface area contributed by atoms with E-state index in [4.69, 9.17) is 0 Å². The number of nitrogens with one attached hydrogen (secondary N) is 1. The van der Waals surface area contributed by atoms with Crippen molar-refractivity contribution in [1.82, 2.24) is 14.9 Å². The smallest absolute Gasteiger partial charge is 0.223 e. The van der Waals surface area contributed by atoms with E-state index in [0.29, 0.717) is 24.7 Å². The topological polar surface area (TPSA) is 58.1 Å². The average molecular weight is 248 g/mol. The number of likely N-dealkylation sites (tertiary alicyclic amines) is 1. The van der Waals surface area contributed by atoms with Crippen molar-refractivity contribution < 1.29 is 4.79 Å². The second kappa shape index (κ2) is 5.33. The second-order valence-electron chi connectivity index (χ2n) is 4.81. The highest BCUT2D eigenvalue weighted by molar-refractivity contribution is 5.78. The molecule has 0 spiro atoms. The molecule has 1 saturated heterocycles. The van der Waals surface area contributed by atoms with E-state index in [-0.39, 0.29) is 5.91 Å². The minimum atomic E-state index is 0.220. The normalized spacial score (nSPS) is 19.4. The predicted molar refractivity (Wildman–Crippen MR) is 70.1 cm³/mol. The number of aromatic nitrogens is 2. The van der Waals surface area contributed by atoms with E-state index in [1.54, 1.807) is 0 Å². The Morgan fingerprint density at radius 2 is 2.28 bits per heavy atom. The molecule has 5 nitrogen and oxygen atoms in total. The third kappa shape index (κ3) is 2.78. The molecule has 1 aliphatic heterocycles. The molecule has 0 radical (unpaired) electrons. The van der Waals surface area contributed by atoms with E-state index in [1.165, 1.54) is 0 Å². The van der Waals surface area contributed by atoms with Crippen LogP contribution in [0, 0.1) is 12.8 Å². The Bertz CT molecular complexity index is 447. The minimum Gasteiger partial charge on any atom is -0.373 e. The maximum absolute atomic E-state index is 11.8. The van der Waals surface area contributed by atoms with E-state index in [9.17, 15) is 4.79 Å². The van der Waals surface area contributed by atoms with Gasteiger partial charge in [0, 0.05) is 31.8 Å². The van der Waals surface area contributed by atoms with Crippen LogP contribution in [0.5, 0.6) is 0 Å². The molecule has 1 amide bonds. The molecule has 2 rings (SSSR count). The van der Waals surface area contributed by atoms with Gasteiger partial charge in [0.1, 0.15) is 11.6 Å². The van der Waals surface area contributed by atoms with Gasteiger partial charge in [-0.3, -0.25) is 4.79 Å². The van der Waals surface area contributed by atoms with Crippen LogP contribution >= 0.6 is 0 Å². The summed E-state index contributed by atoms with van der Waals surface area (Å²) in [7, 11) is 1.83. The fourth-order valence-corrected chi connectivity index (χ4v) is 2.28. The van der Waals surface area contributed by atoms with Crippen LogP contribution in [0.4, 0.5) is 5.82 Å². The fraction of sp³-hybridized carbons (Fsp3) is 0.615. The van der Waals surface area contributed by atoms with Gasteiger partial charge in [0.25, 0.3) is 0 Å². The van der Waals surface area contributed by atoms with Crippen molar-refractivity contribution in [2.45, 2.75) is 33.2 Å². The average Bonchev–Trinajstić information content (AvgIpc) is 2.69. The van der Waals surface area contributed by atoms with Crippen molar-refractivity contribution in [2.24, 2.45) is 5.92 Å².